The summed E-state index contributed by atoms with van der Waals surface area (Å²) >= 11 is 0. The monoisotopic (exact) mass is 217 g/mol. The zero-order chi connectivity index (χ0) is 11.6. The Hall–Kier alpha value is -1.69. The average Bonchev–Trinajstić information content (AvgIpc) is 2.17. The van der Waals surface area contributed by atoms with Gasteiger partial charge in [-0.3, -0.25) is 0 Å². The topological polar surface area (TPSA) is 83.6 Å². The van der Waals surface area contributed by atoms with Crippen LogP contribution in [0.2, 0.25) is 0 Å². The lowest BCUT2D eigenvalue weighted by Gasteiger charge is -2.23. The number of carboxylic acid groups (broad SMARTS) is 1. The molecule has 0 aliphatic carbocycles. The van der Waals surface area contributed by atoms with Crippen LogP contribution in [0, 0.1) is 0 Å². The summed E-state index contributed by atoms with van der Waals surface area (Å²) in [6, 6.07) is 4.30. The standard InChI is InChI=1S/C9H9F2NO3/c10-7(11)9(12,8(14)15)5-1-3-6(13)4-2-5/h1-4,7,13H,12H2,(H,14,15). The van der Waals surface area contributed by atoms with Crippen molar-refractivity contribution in [2.24, 2.45) is 5.73 Å². The molecule has 0 aromatic heterocycles. The molecule has 0 aliphatic rings. The Morgan fingerprint density at radius 2 is 1.80 bits per heavy atom. The second-order valence-corrected chi connectivity index (χ2v) is 3.02. The van der Waals surface area contributed by atoms with Crippen LogP contribution in [0.15, 0.2) is 24.3 Å². The van der Waals surface area contributed by atoms with Crippen LogP contribution in [0.1, 0.15) is 5.56 Å². The lowest BCUT2D eigenvalue weighted by atomic mass is 9.91. The summed E-state index contributed by atoms with van der Waals surface area (Å²) in [5, 5.41) is 17.6. The number of carbonyl (C=O) groups is 1. The number of nitrogens with two attached hydrogens (primary N) is 1. The first-order valence-corrected chi connectivity index (χ1v) is 3.99. The van der Waals surface area contributed by atoms with Gasteiger partial charge in [-0.05, 0) is 17.7 Å². The molecule has 0 amide bonds. The van der Waals surface area contributed by atoms with E-state index in [1.807, 2.05) is 0 Å². The van der Waals surface area contributed by atoms with Gasteiger partial charge in [0.15, 0.2) is 0 Å². The predicted molar refractivity (Wildman–Crippen MR) is 47.6 cm³/mol. The molecule has 0 saturated carbocycles. The zero-order valence-electron chi connectivity index (χ0n) is 7.52. The first-order valence-electron chi connectivity index (χ1n) is 3.99. The van der Waals surface area contributed by atoms with Crippen molar-refractivity contribution in [3.8, 4) is 5.75 Å². The highest BCUT2D eigenvalue weighted by atomic mass is 19.3. The summed E-state index contributed by atoms with van der Waals surface area (Å²) in [5.74, 6) is -1.97. The third-order valence-electron chi connectivity index (χ3n) is 2.04. The number of halogens is 2. The Bertz CT molecular complexity index is 366. The Morgan fingerprint density at radius 1 is 1.33 bits per heavy atom. The number of carboxylic acids is 1. The minimum Gasteiger partial charge on any atom is -0.508 e. The lowest BCUT2D eigenvalue weighted by Crippen LogP contribution is -2.51. The maximum atomic E-state index is 12.6. The maximum Gasteiger partial charge on any atom is 0.334 e. The summed E-state index contributed by atoms with van der Waals surface area (Å²) in [6.07, 6.45) is -3.24. The minimum atomic E-state index is -3.24. The van der Waals surface area contributed by atoms with Gasteiger partial charge in [-0.25, -0.2) is 13.6 Å². The van der Waals surface area contributed by atoms with Crippen LogP contribution in [0.3, 0.4) is 0 Å². The Balaban J connectivity index is 3.22. The second-order valence-electron chi connectivity index (χ2n) is 3.02. The van der Waals surface area contributed by atoms with Crippen LogP contribution in [0.5, 0.6) is 5.75 Å². The fraction of sp³-hybridized carbons (Fsp3) is 0.222. The van der Waals surface area contributed by atoms with Crippen molar-refractivity contribution in [3.05, 3.63) is 29.8 Å². The Labute approximate surface area is 83.9 Å². The highest BCUT2D eigenvalue weighted by Crippen LogP contribution is 2.27. The van der Waals surface area contributed by atoms with Crippen molar-refractivity contribution in [3.63, 3.8) is 0 Å². The largest absolute Gasteiger partial charge is 0.508 e. The quantitative estimate of drug-likeness (QED) is 0.702. The molecule has 6 heteroatoms. The molecule has 0 bridgehead atoms. The van der Waals surface area contributed by atoms with Crippen LogP contribution in [0.25, 0.3) is 0 Å². The van der Waals surface area contributed by atoms with Crippen LogP contribution >= 0.6 is 0 Å². The zero-order valence-corrected chi connectivity index (χ0v) is 7.52. The number of aromatic hydroxyl groups is 1. The minimum absolute atomic E-state index is 0.152. The van der Waals surface area contributed by atoms with Gasteiger partial charge >= 0.3 is 5.97 Å². The number of phenolic OH excluding ortho intramolecular Hbond substituents is 1. The molecule has 4 nitrogen and oxygen atoms in total. The molecule has 0 saturated heterocycles. The van der Waals surface area contributed by atoms with Crippen LogP contribution < -0.4 is 5.73 Å². The van der Waals surface area contributed by atoms with Gasteiger partial charge in [0, 0.05) is 0 Å². The predicted octanol–water partition coefficient (Wildman–Crippen LogP) is 0.896. The molecule has 15 heavy (non-hydrogen) atoms. The second kappa shape index (κ2) is 3.82. The van der Waals surface area contributed by atoms with E-state index in [0.717, 1.165) is 24.3 Å². The number of hydrogen-bond donors (Lipinski definition) is 3. The molecule has 4 N–H and O–H groups in total. The molecule has 82 valence electrons. The van der Waals surface area contributed by atoms with Crippen molar-refractivity contribution < 1.29 is 23.8 Å². The summed E-state index contributed by atoms with van der Waals surface area (Å²) < 4.78 is 25.1. The van der Waals surface area contributed by atoms with E-state index in [1.165, 1.54) is 0 Å². The van der Waals surface area contributed by atoms with Gasteiger partial charge in [0.1, 0.15) is 5.75 Å². The Kier molecular flexibility index (Phi) is 2.90. The molecule has 0 radical (unpaired) electrons. The number of phenols is 1. The molecule has 1 unspecified atom stereocenters. The van der Waals surface area contributed by atoms with Crippen molar-refractivity contribution in [1.29, 1.82) is 0 Å². The third kappa shape index (κ3) is 1.89. The normalized spacial score (nSPS) is 14.9. The fourth-order valence-corrected chi connectivity index (χ4v) is 1.08. The van der Waals surface area contributed by atoms with Crippen molar-refractivity contribution in [2.45, 2.75) is 12.0 Å². The van der Waals surface area contributed by atoms with Crippen LogP contribution in [0.4, 0.5) is 8.78 Å². The van der Waals surface area contributed by atoms with Gasteiger partial charge in [0.2, 0.25) is 5.54 Å². The molecule has 0 fully saturated rings. The summed E-state index contributed by atoms with van der Waals surface area (Å²) in [4.78, 5) is 10.7. The SMILES string of the molecule is NC(C(=O)O)(c1ccc(O)cc1)C(F)F. The average molecular weight is 217 g/mol. The van der Waals surface area contributed by atoms with E-state index in [4.69, 9.17) is 15.9 Å². The number of benzene rings is 1. The number of hydrogen-bond acceptors (Lipinski definition) is 3. The van der Waals surface area contributed by atoms with E-state index in [1.54, 1.807) is 0 Å². The van der Waals surface area contributed by atoms with Gasteiger partial charge in [0.05, 0.1) is 0 Å². The summed E-state index contributed by atoms with van der Waals surface area (Å²) in [5.41, 5.74) is 2.12. The van der Waals surface area contributed by atoms with Gasteiger partial charge < -0.3 is 15.9 Å². The van der Waals surface area contributed by atoms with E-state index in [9.17, 15) is 13.6 Å². The van der Waals surface area contributed by atoms with E-state index in [-0.39, 0.29) is 11.3 Å². The lowest BCUT2D eigenvalue weighted by molar-refractivity contribution is -0.150. The molecule has 1 aromatic carbocycles. The first kappa shape index (κ1) is 11.4. The van der Waals surface area contributed by atoms with E-state index in [2.05, 4.69) is 0 Å². The van der Waals surface area contributed by atoms with E-state index < -0.39 is 17.9 Å². The molecule has 1 aromatic rings. The maximum absolute atomic E-state index is 12.6. The number of aliphatic carboxylic acids is 1. The summed E-state index contributed by atoms with van der Waals surface area (Å²) in [7, 11) is 0. The third-order valence-corrected chi connectivity index (χ3v) is 2.04. The molecule has 1 rings (SSSR count). The molecule has 0 heterocycles. The van der Waals surface area contributed by atoms with E-state index >= 15 is 0 Å². The van der Waals surface area contributed by atoms with E-state index in [0.29, 0.717) is 0 Å². The van der Waals surface area contributed by atoms with Gasteiger partial charge in [0.25, 0.3) is 6.43 Å². The summed E-state index contributed by atoms with van der Waals surface area (Å²) in [6.45, 7) is 0. The van der Waals surface area contributed by atoms with Crippen molar-refractivity contribution >= 4 is 5.97 Å². The molecular weight excluding hydrogens is 208 g/mol. The molecule has 1 atom stereocenters. The smallest absolute Gasteiger partial charge is 0.334 e. The highest BCUT2D eigenvalue weighted by molar-refractivity contribution is 5.81. The fourth-order valence-electron chi connectivity index (χ4n) is 1.08. The van der Waals surface area contributed by atoms with Crippen LogP contribution in [-0.4, -0.2) is 22.6 Å². The van der Waals surface area contributed by atoms with Crippen molar-refractivity contribution in [2.75, 3.05) is 0 Å². The number of rotatable bonds is 3. The van der Waals surface area contributed by atoms with Gasteiger partial charge in [-0.15, -0.1) is 0 Å². The van der Waals surface area contributed by atoms with Gasteiger partial charge in [-0.1, -0.05) is 12.1 Å². The van der Waals surface area contributed by atoms with Crippen molar-refractivity contribution in [1.82, 2.24) is 0 Å². The molecular formula is C9H9F2NO3. The highest BCUT2D eigenvalue weighted by Gasteiger charge is 2.45. The van der Waals surface area contributed by atoms with Crippen LogP contribution in [-0.2, 0) is 10.3 Å². The Morgan fingerprint density at radius 3 is 2.13 bits per heavy atom. The molecule has 0 spiro atoms. The number of alkyl halides is 2. The first-order chi connectivity index (χ1) is 6.89. The van der Waals surface area contributed by atoms with Gasteiger partial charge in [-0.2, -0.15) is 0 Å². The molecule has 0 aliphatic heterocycles.